The van der Waals surface area contributed by atoms with Crippen molar-refractivity contribution in [3.8, 4) is 0 Å². The van der Waals surface area contributed by atoms with E-state index in [0.29, 0.717) is 5.92 Å². The molecule has 1 aliphatic rings. The average molecular weight is 286 g/mol. The number of aliphatic hydroxyl groups is 1. The first-order chi connectivity index (χ1) is 9.76. The maximum absolute atomic E-state index is 10.5. The fourth-order valence-corrected chi connectivity index (χ4v) is 4.16. The van der Waals surface area contributed by atoms with Gasteiger partial charge in [0.1, 0.15) is 0 Å². The highest BCUT2D eigenvalue weighted by Crippen LogP contribution is 2.29. The third-order valence-electron chi connectivity index (χ3n) is 4.41. The lowest BCUT2D eigenvalue weighted by molar-refractivity contribution is 0.100. The Bertz CT molecular complexity index is 572. The summed E-state index contributed by atoms with van der Waals surface area (Å²) in [5.74, 6) is 0.414. The number of benzene rings is 1. The molecule has 3 rings (SSSR count). The minimum atomic E-state index is -0.202. The quantitative estimate of drug-likeness (QED) is 0.900. The molecule has 0 saturated heterocycles. The maximum Gasteiger partial charge on any atom is 0.0619 e. The van der Waals surface area contributed by atoms with Gasteiger partial charge in [-0.05, 0) is 54.9 Å². The molecule has 0 bridgehead atoms. The number of aryl methyl sites for hydroxylation is 2. The molecule has 2 heteroatoms. The van der Waals surface area contributed by atoms with Crippen molar-refractivity contribution in [1.82, 2.24) is 0 Å². The van der Waals surface area contributed by atoms with Gasteiger partial charge in [-0.3, -0.25) is 0 Å². The molecule has 20 heavy (non-hydrogen) atoms. The van der Waals surface area contributed by atoms with Crippen LogP contribution in [0.2, 0.25) is 0 Å². The normalized spacial score (nSPS) is 19.6. The summed E-state index contributed by atoms with van der Waals surface area (Å²) < 4.78 is 0. The van der Waals surface area contributed by atoms with Gasteiger partial charge < -0.3 is 5.11 Å². The summed E-state index contributed by atoms with van der Waals surface area (Å²) in [7, 11) is 0. The van der Waals surface area contributed by atoms with Gasteiger partial charge in [-0.1, -0.05) is 31.2 Å². The molecule has 0 fully saturated rings. The van der Waals surface area contributed by atoms with Crippen molar-refractivity contribution in [2.75, 3.05) is 0 Å². The van der Waals surface area contributed by atoms with Crippen LogP contribution in [-0.2, 0) is 25.7 Å². The van der Waals surface area contributed by atoms with Crippen LogP contribution in [0.15, 0.2) is 36.4 Å². The molecule has 0 aliphatic heterocycles. The van der Waals surface area contributed by atoms with E-state index in [9.17, 15) is 5.11 Å². The maximum atomic E-state index is 10.5. The minimum Gasteiger partial charge on any atom is -0.392 e. The first kappa shape index (κ1) is 13.8. The Morgan fingerprint density at radius 1 is 1.15 bits per heavy atom. The number of aliphatic hydroxyl groups excluding tert-OH is 1. The first-order valence-electron chi connectivity index (χ1n) is 7.58. The van der Waals surface area contributed by atoms with Gasteiger partial charge in [0.2, 0.25) is 0 Å². The van der Waals surface area contributed by atoms with Gasteiger partial charge in [0.25, 0.3) is 0 Å². The second kappa shape index (κ2) is 6.11. The molecule has 1 aromatic heterocycles. The van der Waals surface area contributed by atoms with E-state index < -0.39 is 0 Å². The summed E-state index contributed by atoms with van der Waals surface area (Å²) in [6.07, 6.45) is 4.97. The highest BCUT2D eigenvalue weighted by molar-refractivity contribution is 7.11. The summed E-state index contributed by atoms with van der Waals surface area (Å²) in [6.45, 7) is 2.18. The fourth-order valence-electron chi connectivity index (χ4n) is 3.15. The molecular weight excluding hydrogens is 264 g/mol. The lowest BCUT2D eigenvalue weighted by Gasteiger charge is -2.28. The van der Waals surface area contributed by atoms with Crippen LogP contribution in [-0.4, -0.2) is 11.2 Å². The SMILES string of the molecule is CCc1ccc(CC(O)C2CCc3ccccc3C2)s1. The lowest BCUT2D eigenvalue weighted by atomic mass is 9.80. The Kier molecular flexibility index (Phi) is 4.23. The van der Waals surface area contributed by atoms with E-state index in [2.05, 4.69) is 43.3 Å². The Morgan fingerprint density at radius 2 is 1.90 bits per heavy atom. The number of hydrogen-bond donors (Lipinski definition) is 1. The standard InChI is InChI=1S/C18H22OS/c1-2-16-9-10-17(20-16)12-18(19)15-8-7-13-5-3-4-6-14(13)11-15/h3-6,9-10,15,18-19H,2,7-8,11-12H2,1H3. The van der Waals surface area contributed by atoms with Crippen LogP contribution in [0, 0.1) is 5.92 Å². The topological polar surface area (TPSA) is 20.2 Å². The minimum absolute atomic E-state index is 0.202. The Hall–Kier alpha value is -1.12. The third-order valence-corrected chi connectivity index (χ3v) is 5.66. The Morgan fingerprint density at radius 3 is 2.65 bits per heavy atom. The van der Waals surface area contributed by atoms with Crippen molar-refractivity contribution in [1.29, 1.82) is 0 Å². The van der Waals surface area contributed by atoms with Gasteiger partial charge >= 0.3 is 0 Å². The Labute approximate surface area is 125 Å². The van der Waals surface area contributed by atoms with E-state index >= 15 is 0 Å². The third kappa shape index (κ3) is 2.97. The first-order valence-corrected chi connectivity index (χ1v) is 8.40. The van der Waals surface area contributed by atoms with Crippen LogP contribution >= 0.6 is 11.3 Å². The van der Waals surface area contributed by atoms with E-state index in [1.807, 2.05) is 11.3 Å². The highest BCUT2D eigenvalue weighted by atomic mass is 32.1. The van der Waals surface area contributed by atoms with Crippen molar-refractivity contribution in [2.24, 2.45) is 5.92 Å². The molecule has 106 valence electrons. The van der Waals surface area contributed by atoms with Crippen molar-refractivity contribution in [3.05, 3.63) is 57.3 Å². The van der Waals surface area contributed by atoms with Crippen molar-refractivity contribution in [3.63, 3.8) is 0 Å². The summed E-state index contributed by atoms with van der Waals surface area (Å²) in [4.78, 5) is 2.74. The number of hydrogen-bond acceptors (Lipinski definition) is 2. The van der Waals surface area contributed by atoms with Gasteiger partial charge in [0.05, 0.1) is 6.10 Å². The Balaban J connectivity index is 1.65. The second-order valence-corrected chi connectivity index (χ2v) is 7.02. The molecule has 2 atom stereocenters. The molecule has 0 saturated carbocycles. The van der Waals surface area contributed by atoms with E-state index in [1.165, 1.54) is 20.9 Å². The largest absolute Gasteiger partial charge is 0.392 e. The number of thiophene rings is 1. The smallest absolute Gasteiger partial charge is 0.0619 e. The molecular formula is C18H22OS. The highest BCUT2D eigenvalue weighted by Gasteiger charge is 2.25. The molecule has 1 aliphatic carbocycles. The predicted molar refractivity (Wildman–Crippen MR) is 85.4 cm³/mol. The van der Waals surface area contributed by atoms with Crippen LogP contribution in [0.4, 0.5) is 0 Å². The molecule has 1 heterocycles. The molecule has 2 unspecified atom stereocenters. The van der Waals surface area contributed by atoms with Gasteiger partial charge in [-0.2, -0.15) is 0 Å². The molecule has 0 spiro atoms. The summed E-state index contributed by atoms with van der Waals surface area (Å²) in [5, 5.41) is 10.5. The van der Waals surface area contributed by atoms with E-state index in [1.54, 1.807) is 0 Å². The molecule has 2 aromatic rings. The summed E-state index contributed by atoms with van der Waals surface area (Å²) in [6, 6.07) is 13.1. The predicted octanol–water partition coefficient (Wildman–Crippen LogP) is 4.02. The van der Waals surface area contributed by atoms with Gasteiger partial charge in [-0.15, -0.1) is 11.3 Å². The summed E-state index contributed by atoms with van der Waals surface area (Å²) >= 11 is 1.85. The molecule has 1 nitrogen and oxygen atoms in total. The average Bonchev–Trinajstić information content (AvgIpc) is 2.94. The molecule has 1 N–H and O–H groups in total. The van der Waals surface area contributed by atoms with Crippen molar-refractivity contribution in [2.45, 2.75) is 45.1 Å². The number of rotatable bonds is 4. The number of fused-ring (bicyclic) bond motifs is 1. The van der Waals surface area contributed by atoms with Crippen LogP contribution in [0.25, 0.3) is 0 Å². The second-order valence-electron chi connectivity index (χ2n) is 5.76. The summed E-state index contributed by atoms with van der Waals surface area (Å²) in [5.41, 5.74) is 2.91. The molecule has 0 amide bonds. The van der Waals surface area contributed by atoms with Gasteiger partial charge in [0.15, 0.2) is 0 Å². The zero-order chi connectivity index (χ0) is 13.9. The van der Waals surface area contributed by atoms with Crippen LogP contribution < -0.4 is 0 Å². The zero-order valence-electron chi connectivity index (χ0n) is 12.0. The van der Waals surface area contributed by atoms with E-state index in [4.69, 9.17) is 0 Å². The fraction of sp³-hybridized carbons (Fsp3) is 0.444. The monoisotopic (exact) mass is 286 g/mol. The van der Waals surface area contributed by atoms with Crippen molar-refractivity contribution < 1.29 is 5.11 Å². The van der Waals surface area contributed by atoms with Crippen LogP contribution in [0.5, 0.6) is 0 Å². The van der Waals surface area contributed by atoms with Gasteiger partial charge in [-0.25, -0.2) is 0 Å². The van der Waals surface area contributed by atoms with Crippen LogP contribution in [0.1, 0.15) is 34.2 Å². The van der Waals surface area contributed by atoms with Crippen LogP contribution in [0.3, 0.4) is 0 Å². The molecule has 0 radical (unpaired) electrons. The lowest BCUT2D eigenvalue weighted by Crippen LogP contribution is -2.28. The van der Waals surface area contributed by atoms with E-state index in [-0.39, 0.29) is 6.10 Å². The zero-order valence-corrected chi connectivity index (χ0v) is 12.8. The van der Waals surface area contributed by atoms with E-state index in [0.717, 1.165) is 32.1 Å². The van der Waals surface area contributed by atoms with Gasteiger partial charge in [0, 0.05) is 16.2 Å². The van der Waals surface area contributed by atoms with Crippen molar-refractivity contribution >= 4 is 11.3 Å². The molecule has 1 aromatic carbocycles.